The third-order valence-electron chi connectivity index (χ3n) is 4.13. The van der Waals surface area contributed by atoms with Gasteiger partial charge < -0.3 is 20.5 Å². The summed E-state index contributed by atoms with van der Waals surface area (Å²) in [7, 11) is 0. The van der Waals surface area contributed by atoms with Crippen LogP contribution in [0.1, 0.15) is 32.6 Å². The minimum atomic E-state index is -0.999. The molecule has 2 fully saturated rings. The summed E-state index contributed by atoms with van der Waals surface area (Å²) >= 11 is 0. The molecule has 7 heteroatoms. The number of amides is 2. The molecule has 0 aromatic heterocycles. The molecule has 2 amide bonds. The number of aliphatic carboxylic acids is 1. The zero-order valence-electron chi connectivity index (χ0n) is 12.5. The maximum Gasteiger partial charge on any atom is 0.326 e. The molecule has 2 saturated heterocycles. The van der Waals surface area contributed by atoms with E-state index in [4.69, 9.17) is 9.84 Å². The fourth-order valence-electron chi connectivity index (χ4n) is 2.97. The molecule has 2 unspecified atom stereocenters. The van der Waals surface area contributed by atoms with Crippen LogP contribution in [0.25, 0.3) is 0 Å². The van der Waals surface area contributed by atoms with Crippen molar-refractivity contribution in [2.75, 3.05) is 26.2 Å². The lowest BCUT2D eigenvalue weighted by atomic mass is 10.2. The minimum absolute atomic E-state index is 0.0143. The van der Waals surface area contributed by atoms with Gasteiger partial charge in [-0.2, -0.15) is 0 Å². The molecule has 0 saturated carbocycles. The monoisotopic (exact) mass is 299 g/mol. The zero-order valence-corrected chi connectivity index (χ0v) is 12.5. The maximum absolute atomic E-state index is 11.7. The van der Waals surface area contributed by atoms with Gasteiger partial charge in [0.15, 0.2) is 0 Å². The largest absolute Gasteiger partial charge is 0.480 e. The van der Waals surface area contributed by atoms with E-state index in [1.165, 1.54) is 12.8 Å². The van der Waals surface area contributed by atoms with E-state index in [0.717, 1.165) is 19.7 Å². The van der Waals surface area contributed by atoms with E-state index in [9.17, 15) is 9.59 Å². The van der Waals surface area contributed by atoms with Crippen molar-refractivity contribution in [1.82, 2.24) is 15.5 Å². The lowest BCUT2D eigenvalue weighted by Gasteiger charge is -2.35. The second kappa shape index (κ2) is 7.61. The molecular weight excluding hydrogens is 274 g/mol. The van der Waals surface area contributed by atoms with E-state index in [-0.39, 0.29) is 6.10 Å². The van der Waals surface area contributed by atoms with Gasteiger partial charge in [-0.15, -0.1) is 0 Å². The fraction of sp³-hybridized carbons (Fsp3) is 0.857. The molecule has 3 N–H and O–H groups in total. The molecule has 0 spiro atoms. The van der Waals surface area contributed by atoms with Crippen molar-refractivity contribution in [3.8, 4) is 0 Å². The summed E-state index contributed by atoms with van der Waals surface area (Å²) in [6.07, 6.45) is 3.53. The van der Waals surface area contributed by atoms with E-state index in [2.05, 4.69) is 15.5 Å². The predicted octanol–water partition coefficient (Wildman–Crippen LogP) is 0.402. The van der Waals surface area contributed by atoms with Gasteiger partial charge in [0.1, 0.15) is 6.04 Å². The molecule has 0 aliphatic carbocycles. The SMILES string of the molecule is CCC[C@@H](NC(=O)NCC1CN2CCCC2CO1)C(=O)O. The van der Waals surface area contributed by atoms with E-state index in [1.54, 1.807) is 0 Å². The Morgan fingerprint density at radius 3 is 3.00 bits per heavy atom. The molecule has 0 radical (unpaired) electrons. The summed E-state index contributed by atoms with van der Waals surface area (Å²) in [6.45, 7) is 4.96. The third-order valence-corrected chi connectivity index (χ3v) is 4.13. The number of fused-ring (bicyclic) bond motifs is 1. The minimum Gasteiger partial charge on any atom is -0.480 e. The highest BCUT2D eigenvalue weighted by Crippen LogP contribution is 2.22. The molecule has 2 rings (SSSR count). The first-order chi connectivity index (χ1) is 10.1. The zero-order chi connectivity index (χ0) is 15.2. The van der Waals surface area contributed by atoms with Crippen LogP contribution in [0.15, 0.2) is 0 Å². The molecule has 120 valence electrons. The van der Waals surface area contributed by atoms with Gasteiger partial charge in [-0.3, -0.25) is 4.90 Å². The molecule has 2 heterocycles. The van der Waals surface area contributed by atoms with Gasteiger partial charge in [0.25, 0.3) is 0 Å². The predicted molar refractivity (Wildman–Crippen MR) is 77.2 cm³/mol. The highest BCUT2D eigenvalue weighted by atomic mass is 16.5. The summed E-state index contributed by atoms with van der Waals surface area (Å²) in [5, 5.41) is 14.2. The number of carboxylic acids is 1. The summed E-state index contributed by atoms with van der Waals surface area (Å²) in [6, 6.07) is -0.732. The number of carboxylic acid groups (broad SMARTS) is 1. The van der Waals surface area contributed by atoms with Gasteiger partial charge in [0.05, 0.1) is 12.7 Å². The number of hydrogen-bond donors (Lipinski definition) is 3. The van der Waals surface area contributed by atoms with Gasteiger partial charge in [-0.05, 0) is 25.8 Å². The Labute approximate surface area is 125 Å². The van der Waals surface area contributed by atoms with Crippen LogP contribution in [-0.2, 0) is 9.53 Å². The first-order valence-corrected chi connectivity index (χ1v) is 7.73. The van der Waals surface area contributed by atoms with Crippen LogP contribution in [0.5, 0.6) is 0 Å². The first kappa shape index (κ1) is 16.0. The van der Waals surface area contributed by atoms with Crippen LogP contribution in [0.2, 0.25) is 0 Å². The number of ether oxygens (including phenoxy) is 1. The Morgan fingerprint density at radius 1 is 1.48 bits per heavy atom. The van der Waals surface area contributed by atoms with Crippen molar-refractivity contribution in [2.24, 2.45) is 0 Å². The van der Waals surface area contributed by atoms with E-state index in [1.807, 2.05) is 6.92 Å². The van der Waals surface area contributed by atoms with Crippen LogP contribution in [0, 0.1) is 0 Å². The van der Waals surface area contributed by atoms with Gasteiger partial charge in [-0.1, -0.05) is 13.3 Å². The highest BCUT2D eigenvalue weighted by Gasteiger charge is 2.32. The average molecular weight is 299 g/mol. The topological polar surface area (TPSA) is 90.9 Å². The maximum atomic E-state index is 11.7. The number of rotatable bonds is 6. The van der Waals surface area contributed by atoms with Crippen molar-refractivity contribution in [2.45, 2.75) is 50.8 Å². The second-order valence-electron chi connectivity index (χ2n) is 5.78. The number of urea groups is 1. The van der Waals surface area contributed by atoms with Crippen LogP contribution < -0.4 is 10.6 Å². The van der Waals surface area contributed by atoms with Gasteiger partial charge in [0.2, 0.25) is 0 Å². The molecule has 2 aliphatic heterocycles. The lowest BCUT2D eigenvalue weighted by molar-refractivity contribution is -0.139. The molecule has 0 aromatic rings. The quantitative estimate of drug-likeness (QED) is 0.660. The van der Waals surface area contributed by atoms with Crippen LogP contribution in [-0.4, -0.2) is 66.4 Å². The molecular formula is C14H25N3O4. The third kappa shape index (κ3) is 4.57. The van der Waals surface area contributed by atoms with Crippen molar-refractivity contribution in [1.29, 1.82) is 0 Å². The van der Waals surface area contributed by atoms with Crippen molar-refractivity contribution < 1.29 is 19.4 Å². The highest BCUT2D eigenvalue weighted by molar-refractivity contribution is 5.82. The summed E-state index contributed by atoms with van der Waals surface area (Å²) in [5.74, 6) is -0.999. The lowest BCUT2D eigenvalue weighted by Crippen LogP contribution is -2.52. The number of morpholine rings is 1. The Kier molecular flexibility index (Phi) is 5.81. The Balaban J connectivity index is 1.70. The smallest absolute Gasteiger partial charge is 0.326 e. The number of nitrogens with one attached hydrogen (secondary N) is 2. The summed E-state index contributed by atoms with van der Waals surface area (Å²) in [5.41, 5.74) is 0. The van der Waals surface area contributed by atoms with E-state index >= 15 is 0 Å². The van der Waals surface area contributed by atoms with Crippen LogP contribution >= 0.6 is 0 Å². The molecule has 3 atom stereocenters. The van der Waals surface area contributed by atoms with Crippen molar-refractivity contribution in [3.05, 3.63) is 0 Å². The normalized spacial score (nSPS) is 26.9. The van der Waals surface area contributed by atoms with Crippen LogP contribution in [0.4, 0.5) is 4.79 Å². The van der Waals surface area contributed by atoms with Crippen LogP contribution in [0.3, 0.4) is 0 Å². The van der Waals surface area contributed by atoms with Crippen molar-refractivity contribution in [3.63, 3.8) is 0 Å². The molecule has 7 nitrogen and oxygen atoms in total. The Morgan fingerprint density at radius 2 is 2.29 bits per heavy atom. The van der Waals surface area contributed by atoms with Gasteiger partial charge >= 0.3 is 12.0 Å². The fourth-order valence-corrected chi connectivity index (χ4v) is 2.97. The van der Waals surface area contributed by atoms with E-state index in [0.29, 0.717) is 25.4 Å². The van der Waals surface area contributed by atoms with Crippen molar-refractivity contribution >= 4 is 12.0 Å². The molecule has 0 bridgehead atoms. The second-order valence-corrected chi connectivity index (χ2v) is 5.78. The summed E-state index contributed by atoms with van der Waals surface area (Å²) in [4.78, 5) is 25.1. The van der Waals surface area contributed by atoms with Gasteiger partial charge in [0, 0.05) is 19.1 Å². The number of hydrogen-bond acceptors (Lipinski definition) is 4. The number of nitrogens with zero attached hydrogens (tertiary/aromatic N) is 1. The first-order valence-electron chi connectivity index (χ1n) is 7.73. The summed E-state index contributed by atoms with van der Waals surface area (Å²) < 4.78 is 5.74. The van der Waals surface area contributed by atoms with E-state index < -0.39 is 18.0 Å². The Hall–Kier alpha value is -1.34. The standard InChI is InChI=1S/C14H25N3O4/c1-2-4-12(13(18)19)16-14(20)15-7-11-8-17-6-3-5-10(17)9-21-11/h10-12H,2-9H2,1H3,(H,18,19)(H2,15,16,20)/t10?,11?,12-/m1/s1. The number of carbonyl (C=O) groups is 2. The number of carbonyl (C=O) groups excluding carboxylic acids is 1. The average Bonchev–Trinajstić information content (AvgIpc) is 2.92. The molecule has 21 heavy (non-hydrogen) atoms. The Bertz CT molecular complexity index is 377. The van der Waals surface area contributed by atoms with Gasteiger partial charge in [-0.25, -0.2) is 9.59 Å². The molecule has 0 aromatic carbocycles. The molecule has 2 aliphatic rings.